The number of nitrogens with one attached hydrogen (secondary N) is 2. The van der Waals surface area contributed by atoms with Crippen LogP contribution in [0, 0.1) is 0 Å². The molecule has 188 valence electrons. The zero-order valence-electron chi connectivity index (χ0n) is 18.7. The first-order valence-corrected chi connectivity index (χ1v) is 11.6. The van der Waals surface area contributed by atoms with Crippen LogP contribution < -0.4 is 15.5 Å². The second-order valence-electron chi connectivity index (χ2n) is 8.13. The third-order valence-corrected chi connectivity index (χ3v) is 6.51. The van der Waals surface area contributed by atoms with Gasteiger partial charge in [-0.05, 0) is 56.7 Å². The number of hydrogen-bond acceptors (Lipinski definition) is 7. The van der Waals surface area contributed by atoms with E-state index in [2.05, 4.69) is 15.6 Å². The predicted molar refractivity (Wildman–Crippen MR) is 117 cm³/mol. The van der Waals surface area contributed by atoms with Crippen LogP contribution in [0.3, 0.4) is 0 Å². The van der Waals surface area contributed by atoms with Crippen LogP contribution in [-0.4, -0.2) is 48.6 Å². The van der Waals surface area contributed by atoms with E-state index < -0.39 is 43.8 Å². The normalized spacial score (nSPS) is 18.5. The minimum atomic E-state index is -5.58. The molecule has 1 aromatic carbocycles. The first-order chi connectivity index (χ1) is 16.2. The van der Waals surface area contributed by atoms with E-state index in [-0.39, 0.29) is 23.9 Å². The van der Waals surface area contributed by atoms with Gasteiger partial charge in [-0.3, -0.25) is 15.1 Å². The Kier molecular flexibility index (Phi) is 6.79. The van der Waals surface area contributed by atoms with Crippen molar-refractivity contribution in [3.63, 3.8) is 0 Å². The molecule has 1 unspecified atom stereocenters. The molecule has 1 atom stereocenters. The van der Waals surface area contributed by atoms with Crippen molar-refractivity contribution in [2.45, 2.75) is 49.2 Å². The number of ether oxygens (including phenoxy) is 1. The number of sulfone groups is 1. The lowest BCUT2D eigenvalue weighted by molar-refractivity contribution is -0.121. The Morgan fingerprint density at radius 1 is 1.20 bits per heavy atom. The number of urea groups is 1. The van der Waals surface area contributed by atoms with Crippen LogP contribution in [0.5, 0.6) is 0 Å². The van der Waals surface area contributed by atoms with Crippen molar-refractivity contribution in [3.8, 4) is 0 Å². The van der Waals surface area contributed by atoms with Crippen LogP contribution in [0.4, 0.5) is 34.1 Å². The minimum Gasteiger partial charge on any atom is -0.447 e. The Balaban J connectivity index is 1.85. The predicted octanol–water partition coefficient (Wildman–Crippen LogP) is 3.39. The Morgan fingerprint density at radius 2 is 1.83 bits per heavy atom. The van der Waals surface area contributed by atoms with Gasteiger partial charge in [0.25, 0.3) is 15.7 Å². The van der Waals surface area contributed by atoms with E-state index in [1.165, 1.54) is 25.4 Å². The maximum Gasteiger partial charge on any atom is 0.501 e. The van der Waals surface area contributed by atoms with Crippen molar-refractivity contribution in [2.24, 2.45) is 0 Å². The SMILES string of the molecule is CC(C)OC(=O)Nc1cnccc1CC1(C)NC(=O)N(c2ccc(S(=O)(=O)C(F)(F)F)cc2)C1=O. The molecule has 1 aromatic heterocycles. The van der Waals surface area contributed by atoms with Crippen LogP contribution in [0.15, 0.2) is 47.6 Å². The fourth-order valence-corrected chi connectivity index (χ4v) is 4.13. The topological polar surface area (TPSA) is 135 Å². The van der Waals surface area contributed by atoms with E-state index in [0.29, 0.717) is 22.6 Å². The number of carbonyl (C=O) groups excluding carboxylic acids is 3. The number of hydrogen-bond donors (Lipinski definition) is 2. The molecule has 1 fully saturated rings. The minimum absolute atomic E-state index is 0.0750. The molecule has 4 amide bonds. The molecule has 0 bridgehead atoms. The zero-order valence-corrected chi connectivity index (χ0v) is 19.5. The molecule has 0 saturated carbocycles. The van der Waals surface area contributed by atoms with Gasteiger partial charge in [0.2, 0.25) is 0 Å². The van der Waals surface area contributed by atoms with Crippen LogP contribution >= 0.6 is 0 Å². The number of halogens is 3. The van der Waals surface area contributed by atoms with E-state index in [9.17, 15) is 36.0 Å². The highest BCUT2D eigenvalue weighted by Crippen LogP contribution is 2.33. The molecule has 0 radical (unpaired) electrons. The molecule has 2 aromatic rings. The molecule has 2 heterocycles. The standard InChI is InChI=1S/C21H21F3N4O6S/c1-12(2)34-19(31)26-16-11-25-9-8-13(16)10-20(3)17(29)28(18(30)27-20)14-4-6-15(7-5-14)35(32,33)21(22,23)24/h4-9,11-12H,10H2,1-3H3,(H,26,31)(H,27,30). The van der Waals surface area contributed by atoms with Gasteiger partial charge in [-0.2, -0.15) is 13.2 Å². The summed E-state index contributed by atoms with van der Waals surface area (Å²) in [6.07, 6.45) is 1.58. The van der Waals surface area contributed by atoms with Crippen molar-refractivity contribution in [3.05, 3.63) is 48.3 Å². The summed E-state index contributed by atoms with van der Waals surface area (Å²) in [6.45, 7) is 4.76. The largest absolute Gasteiger partial charge is 0.501 e. The van der Waals surface area contributed by atoms with E-state index in [4.69, 9.17) is 4.74 Å². The van der Waals surface area contributed by atoms with Crippen LogP contribution in [0.25, 0.3) is 0 Å². The number of imide groups is 1. The highest BCUT2D eigenvalue weighted by Gasteiger charge is 2.49. The van der Waals surface area contributed by atoms with E-state index in [0.717, 1.165) is 12.1 Å². The lowest BCUT2D eigenvalue weighted by Crippen LogP contribution is -2.46. The fourth-order valence-electron chi connectivity index (χ4n) is 3.37. The van der Waals surface area contributed by atoms with E-state index in [1.807, 2.05) is 0 Å². The molecule has 1 aliphatic rings. The molecular formula is C21H21F3N4O6S. The Bertz CT molecular complexity index is 1260. The third-order valence-electron chi connectivity index (χ3n) is 5.01. The maximum atomic E-state index is 13.2. The van der Waals surface area contributed by atoms with Gasteiger partial charge in [-0.1, -0.05) is 0 Å². The van der Waals surface area contributed by atoms with Crippen molar-refractivity contribution >= 4 is 39.2 Å². The number of rotatable bonds is 6. The highest BCUT2D eigenvalue weighted by molar-refractivity contribution is 7.92. The van der Waals surface area contributed by atoms with Gasteiger partial charge < -0.3 is 10.1 Å². The average Bonchev–Trinajstić information content (AvgIpc) is 2.96. The van der Waals surface area contributed by atoms with E-state index in [1.54, 1.807) is 13.8 Å². The molecule has 10 nitrogen and oxygen atoms in total. The smallest absolute Gasteiger partial charge is 0.447 e. The number of carbonyl (C=O) groups is 3. The third kappa shape index (κ3) is 5.21. The Hall–Kier alpha value is -3.68. The second-order valence-corrected chi connectivity index (χ2v) is 10.1. The zero-order chi connectivity index (χ0) is 26.2. The summed E-state index contributed by atoms with van der Waals surface area (Å²) < 4.78 is 66.5. The summed E-state index contributed by atoms with van der Waals surface area (Å²) in [4.78, 5) is 41.4. The molecule has 0 aliphatic carbocycles. The van der Waals surface area contributed by atoms with Gasteiger partial charge in [0.05, 0.1) is 28.6 Å². The molecule has 1 aliphatic heterocycles. The molecule has 0 spiro atoms. The summed E-state index contributed by atoms with van der Waals surface area (Å²) in [5.74, 6) is -0.735. The number of aromatic nitrogens is 1. The first-order valence-electron chi connectivity index (χ1n) is 10.1. The van der Waals surface area contributed by atoms with Crippen LogP contribution in [-0.2, 0) is 25.8 Å². The summed E-state index contributed by atoms with van der Waals surface area (Å²) in [6, 6.07) is 3.88. The number of pyridine rings is 1. The van der Waals surface area contributed by atoms with Crippen LogP contribution in [0.1, 0.15) is 26.3 Å². The van der Waals surface area contributed by atoms with Gasteiger partial charge in [0, 0.05) is 12.6 Å². The second kappa shape index (κ2) is 9.17. The highest BCUT2D eigenvalue weighted by atomic mass is 32.2. The molecule has 14 heteroatoms. The maximum absolute atomic E-state index is 13.2. The number of amides is 4. The summed E-state index contributed by atoms with van der Waals surface area (Å²) in [5.41, 5.74) is -6.41. The Morgan fingerprint density at radius 3 is 2.40 bits per heavy atom. The summed E-state index contributed by atoms with van der Waals surface area (Å²) in [5, 5.41) is 5.06. The molecule has 3 rings (SSSR count). The van der Waals surface area contributed by atoms with Gasteiger partial charge in [-0.25, -0.2) is 22.9 Å². The van der Waals surface area contributed by atoms with Crippen molar-refractivity contribution < 1.29 is 40.7 Å². The lowest BCUT2D eigenvalue weighted by atomic mass is 9.92. The molecule has 2 N–H and O–H groups in total. The van der Waals surface area contributed by atoms with Crippen molar-refractivity contribution in [1.82, 2.24) is 10.3 Å². The Labute approximate surface area is 198 Å². The molecule has 35 heavy (non-hydrogen) atoms. The van der Waals surface area contributed by atoms with Gasteiger partial charge in [-0.15, -0.1) is 0 Å². The van der Waals surface area contributed by atoms with Gasteiger partial charge in [0.15, 0.2) is 0 Å². The number of nitrogens with zero attached hydrogens (tertiary/aromatic N) is 2. The monoisotopic (exact) mass is 514 g/mol. The fraction of sp³-hybridized carbons (Fsp3) is 0.333. The first kappa shape index (κ1) is 25.9. The van der Waals surface area contributed by atoms with E-state index >= 15 is 0 Å². The number of benzene rings is 1. The molecular weight excluding hydrogens is 493 g/mol. The molecule has 1 saturated heterocycles. The quantitative estimate of drug-likeness (QED) is 0.564. The van der Waals surface area contributed by atoms with Crippen molar-refractivity contribution in [1.29, 1.82) is 0 Å². The van der Waals surface area contributed by atoms with Crippen LogP contribution in [0.2, 0.25) is 0 Å². The van der Waals surface area contributed by atoms with Crippen molar-refractivity contribution in [2.75, 3.05) is 10.2 Å². The van der Waals surface area contributed by atoms with Gasteiger partial charge >= 0.3 is 17.6 Å². The summed E-state index contributed by atoms with van der Waals surface area (Å²) >= 11 is 0. The number of alkyl halides is 3. The van der Waals surface area contributed by atoms with Gasteiger partial charge in [0.1, 0.15) is 5.54 Å². The summed E-state index contributed by atoms with van der Waals surface area (Å²) in [7, 11) is -5.58. The average molecular weight is 514 g/mol. The lowest BCUT2D eigenvalue weighted by Gasteiger charge is -2.23. The number of anilines is 2.